The number of hydrogen-bond donors (Lipinski definition) is 0. The first-order chi connectivity index (χ1) is 27.6. The number of ether oxygens (including phenoxy) is 4. The van der Waals surface area contributed by atoms with Gasteiger partial charge in [0.05, 0.1) is 62.1 Å². The van der Waals surface area contributed by atoms with E-state index in [1.54, 1.807) is 84.9 Å². The smallest absolute Gasteiger partial charge is 0.324 e. The molecule has 308 valence electrons. The second-order valence-corrected chi connectivity index (χ2v) is 17.5. The van der Waals surface area contributed by atoms with Gasteiger partial charge >= 0.3 is 23.9 Å². The maximum Gasteiger partial charge on any atom is 0.324 e. The van der Waals surface area contributed by atoms with Crippen molar-refractivity contribution in [3.63, 3.8) is 0 Å². The van der Waals surface area contributed by atoms with E-state index in [0.717, 1.165) is 19.7 Å². The first-order valence-electron chi connectivity index (χ1n) is 18.2. The zero-order valence-corrected chi connectivity index (χ0v) is 34.5. The summed E-state index contributed by atoms with van der Waals surface area (Å²) >= 11 is 0. The van der Waals surface area contributed by atoms with Crippen molar-refractivity contribution in [2.75, 3.05) is 28.4 Å². The van der Waals surface area contributed by atoms with Gasteiger partial charge in [-0.15, -0.1) is 0 Å². The van der Waals surface area contributed by atoms with E-state index in [9.17, 15) is 36.0 Å². The Morgan fingerprint density at radius 3 is 1.03 bits per heavy atom. The Morgan fingerprint density at radius 1 is 0.466 bits per heavy atom. The molecule has 0 N–H and O–H groups in total. The molecule has 4 aromatic rings. The zero-order valence-electron chi connectivity index (χ0n) is 32.9. The van der Waals surface area contributed by atoms with E-state index < -0.39 is 79.9 Å². The number of esters is 4. The minimum absolute atomic E-state index is 0.0238. The fraction of sp³-hybridized carbons (Fsp3) is 0.333. The Labute approximate surface area is 338 Å². The molecule has 58 heavy (non-hydrogen) atoms. The number of hydrogen-bond acceptors (Lipinski definition) is 12. The summed E-state index contributed by atoms with van der Waals surface area (Å²) in [6.07, 6.45) is -0.0476. The van der Waals surface area contributed by atoms with E-state index in [2.05, 4.69) is 0 Å². The molecular formula is C42H46N2O12S2. The maximum absolute atomic E-state index is 13.6. The predicted molar refractivity (Wildman–Crippen MR) is 211 cm³/mol. The van der Waals surface area contributed by atoms with Crippen LogP contribution in [0.5, 0.6) is 0 Å². The molecule has 2 fully saturated rings. The molecule has 0 radical (unpaired) electrons. The molecule has 0 amide bonds. The van der Waals surface area contributed by atoms with Gasteiger partial charge in [-0.3, -0.25) is 19.2 Å². The van der Waals surface area contributed by atoms with Gasteiger partial charge in [0, 0.05) is 0 Å². The van der Waals surface area contributed by atoms with Crippen molar-refractivity contribution in [1.29, 1.82) is 0 Å². The molecule has 0 saturated carbocycles. The number of carbonyl (C=O) groups excluding carboxylic acids is 4. The third kappa shape index (κ3) is 8.84. The summed E-state index contributed by atoms with van der Waals surface area (Å²) in [6, 6.07) is 26.2. The summed E-state index contributed by atoms with van der Waals surface area (Å²) < 4.78 is 76.1. The highest BCUT2D eigenvalue weighted by atomic mass is 32.2. The molecule has 2 heterocycles. The third-order valence-corrected chi connectivity index (χ3v) is 14.1. The van der Waals surface area contributed by atoms with E-state index in [-0.39, 0.29) is 22.6 Å². The van der Waals surface area contributed by atoms with Crippen LogP contribution in [0.4, 0.5) is 0 Å². The molecule has 0 aromatic heterocycles. The fourth-order valence-corrected chi connectivity index (χ4v) is 11.1. The van der Waals surface area contributed by atoms with Gasteiger partial charge in [-0.1, -0.05) is 96.1 Å². The molecule has 6 rings (SSSR count). The van der Waals surface area contributed by atoms with Gasteiger partial charge < -0.3 is 18.9 Å². The summed E-state index contributed by atoms with van der Waals surface area (Å²) in [5.74, 6) is -4.26. The zero-order chi connectivity index (χ0) is 42.4. The Hall–Kier alpha value is -5.42. The minimum atomic E-state index is -4.11. The molecule has 0 aliphatic carbocycles. The summed E-state index contributed by atoms with van der Waals surface area (Å²) in [7, 11) is -3.33. The third-order valence-electron chi connectivity index (χ3n) is 10.3. The SMILES string of the molecule is COC(=O)[C@@H]1C[C@@H](C(=O)OC)N(S(=O)(=O)c2ccc(C)cc2)[C@H]1c1ccccc1.COC(=O)[C@@H]1C[C@@H](C(=O)OC)N(S(=O)(=O)c2ccc(C)cc2)[C@H]1c1ccccc1. The van der Waals surface area contributed by atoms with Gasteiger partial charge in [0.1, 0.15) is 12.1 Å². The van der Waals surface area contributed by atoms with Crippen LogP contribution in [0, 0.1) is 25.7 Å². The van der Waals surface area contributed by atoms with Crippen molar-refractivity contribution in [3.8, 4) is 0 Å². The van der Waals surface area contributed by atoms with Crippen LogP contribution < -0.4 is 0 Å². The van der Waals surface area contributed by atoms with Gasteiger partial charge in [-0.05, 0) is 62.1 Å². The number of carbonyl (C=O) groups is 4. The molecule has 0 unspecified atom stereocenters. The van der Waals surface area contributed by atoms with E-state index in [0.29, 0.717) is 11.1 Å². The van der Waals surface area contributed by atoms with Crippen LogP contribution in [-0.2, 0) is 58.2 Å². The Balaban J connectivity index is 0.000000221. The lowest BCUT2D eigenvalue weighted by Crippen LogP contribution is -2.42. The molecule has 2 aliphatic rings. The number of aryl methyl sites for hydroxylation is 2. The lowest BCUT2D eigenvalue weighted by atomic mass is 9.93. The number of sulfonamides is 2. The fourth-order valence-electron chi connectivity index (χ4n) is 7.47. The van der Waals surface area contributed by atoms with Gasteiger partial charge in [-0.25, -0.2) is 16.8 Å². The topological polar surface area (TPSA) is 180 Å². The van der Waals surface area contributed by atoms with E-state index in [1.165, 1.54) is 52.7 Å². The van der Waals surface area contributed by atoms with Crippen molar-refractivity contribution < 1.29 is 55.0 Å². The summed E-state index contributed by atoms with van der Waals surface area (Å²) in [5, 5.41) is 0. The van der Waals surface area contributed by atoms with Crippen LogP contribution in [0.1, 0.15) is 47.2 Å². The Kier molecular flexibility index (Phi) is 13.9. The van der Waals surface area contributed by atoms with Crippen molar-refractivity contribution in [1.82, 2.24) is 8.61 Å². The second kappa shape index (κ2) is 18.4. The van der Waals surface area contributed by atoms with Gasteiger partial charge in [-0.2, -0.15) is 8.61 Å². The second-order valence-electron chi connectivity index (χ2n) is 13.8. The molecule has 0 bridgehead atoms. The maximum atomic E-state index is 13.6. The first kappa shape index (κ1) is 43.7. The van der Waals surface area contributed by atoms with Crippen LogP contribution in [-0.4, -0.2) is 89.8 Å². The largest absolute Gasteiger partial charge is 0.469 e. The average Bonchev–Trinajstić information content (AvgIpc) is 3.86. The summed E-state index contributed by atoms with van der Waals surface area (Å²) in [6.45, 7) is 3.70. The normalized spacial score (nSPS) is 22.2. The van der Waals surface area contributed by atoms with Crippen LogP contribution in [0.15, 0.2) is 119 Å². The molecular weight excluding hydrogens is 789 g/mol. The standard InChI is InChI=1S/2C21H23NO6S/c2*1-14-9-11-16(12-10-14)29(25,26)22-18(21(24)28-3)13-17(20(23)27-2)19(22)15-7-5-4-6-8-15/h2*4-12,17-19H,13H2,1-3H3/t2*17-,18+,19+/m11/s1. The van der Waals surface area contributed by atoms with Gasteiger partial charge in [0.15, 0.2) is 0 Å². The highest BCUT2D eigenvalue weighted by molar-refractivity contribution is 7.89. The summed E-state index contributed by atoms with van der Waals surface area (Å²) in [5.41, 5.74) is 3.01. The van der Waals surface area contributed by atoms with Crippen LogP contribution in [0.25, 0.3) is 0 Å². The molecule has 2 saturated heterocycles. The van der Waals surface area contributed by atoms with Crippen molar-refractivity contribution in [2.45, 2.75) is 60.6 Å². The van der Waals surface area contributed by atoms with Crippen molar-refractivity contribution in [3.05, 3.63) is 131 Å². The predicted octanol–water partition coefficient (Wildman–Crippen LogP) is 4.92. The van der Waals surface area contributed by atoms with Crippen LogP contribution >= 0.6 is 0 Å². The van der Waals surface area contributed by atoms with Crippen molar-refractivity contribution >= 4 is 43.9 Å². The molecule has 0 spiro atoms. The molecule has 14 nitrogen and oxygen atoms in total. The lowest BCUT2D eigenvalue weighted by Gasteiger charge is -2.29. The van der Waals surface area contributed by atoms with Crippen LogP contribution in [0.2, 0.25) is 0 Å². The van der Waals surface area contributed by atoms with E-state index in [4.69, 9.17) is 18.9 Å². The molecule has 6 atom stereocenters. The quantitative estimate of drug-likeness (QED) is 0.156. The van der Waals surface area contributed by atoms with Crippen molar-refractivity contribution in [2.24, 2.45) is 11.8 Å². The number of rotatable bonds is 10. The average molecular weight is 835 g/mol. The molecule has 16 heteroatoms. The van der Waals surface area contributed by atoms with E-state index >= 15 is 0 Å². The highest BCUT2D eigenvalue weighted by Gasteiger charge is 2.56. The highest BCUT2D eigenvalue weighted by Crippen LogP contribution is 2.47. The molecule has 4 aromatic carbocycles. The number of nitrogens with zero attached hydrogens (tertiary/aromatic N) is 2. The number of benzene rings is 4. The Bertz CT molecular complexity index is 2140. The number of methoxy groups -OCH3 is 4. The summed E-state index contributed by atoms with van der Waals surface area (Å²) in [4.78, 5) is 50.1. The lowest BCUT2D eigenvalue weighted by molar-refractivity contribution is -0.147. The van der Waals surface area contributed by atoms with Gasteiger partial charge in [0.2, 0.25) is 20.0 Å². The monoisotopic (exact) mass is 834 g/mol. The van der Waals surface area contributed by atoms with Gasteiger partial charge in [0.25, 0.3) is 0 Å². The first-order valence-corrected chi connectivity index (χ1v) is 21.1. The minimum Gasteiger partial charge on any atom is -0.469 e. The Morgan fingerprint density at radius 2 is 0.759 bits per heavy atom. The van der Waals surface area contributed by atoms with Crippen LogP contribution in [0.3, 0.4) is 0 Å². The van der Waals surface area contributed by atoms with E-state index in [1.807, 2.05) is 13.8 Å². The molecule has 2 aliphatic heterocycles.